The fourth-order valence-corrected chi connectivity index (χ4v) is 4.24. The first-order valence-electron chi connectivity index (χ1n) is 7.93. The standard InChI is InChI=1S/C17H23BrN2O/c18-14-6-4-5-13(11-14)17(8-2-1-3-9-17)16(21)20-10-7-15(19)12-20/h4-6,11,15H,1-3,7-10,12,19H2/t15-/m1/s1. The minimum absolute atomic E-state index is 0.150. The van der Waals surface area contributed by atoms with Crippen LogP contribution in [0, 0.1) is 0 Å². The number of rotatable bonds is 2. The Hall–Kier alpha value is -0.870. The van der Waals surface area contributed by atoms with E-state index in [0.717, 1.165) is 43.1 Å². The molecule has 21 heavy (non-hydrogen) atoms. The lowest BCUT2D eigenvalue weighted by molar-refractivity contribution is -0.137. The highest BCUT2D eigenvalue weighted by atomic mass is 79.9. The molecule has 3 nitrogen and oxygen atoms in total. The Labute approximate surface area is 135 Å². The highest BCUT2D eigenvalue weighted by Gasteiger charge is 2.44. The Morgan fingerprint density at radius 1 is 1.29 bits per heavy atom. The van der Waals surface area contributed by atoms with E-state index in [4.69, 9.17) is 5.73 Å². The van der Waals surface area contributed by atoms with Gasteiger partial charge in [-0.05, 0) is 37.0 Å². The maximum atomic E-state index is 13.2. The van der Waals surface area contributed by atoms with E-state index in [1.807, 2.05) is 17.0 Å². The first-order chi connectivity index (χ1) is 10.1. The first kappa shape index (κ1) is 15.0. The van der Waals surface area contributed by atoms with Gasteiger partial charge in [0.2, 0.25) is 5.91 Å². The Balaban J connectivity index is 1.95. The highest BCUT2D eigenvalue weighted by molar-refractivity contribution is 9.10. The summed E-state index contributed by atoms with van der Waals surface area (Å²) in [6.45, 7) is 1.53. The zero-order valence-corrected chi connectivity index (χ0v) is 13.9. The van der Waals surface area contributed by atoms with E-state index in [0.29, 0.717) is 12.5 Å². The van der Waals surface area contributed by atoms with Gasteiger partial charge < -0.3 is 10.6 Å². The third kappa shape index (κ3) is 2.88. The van der Waals surface area contributed by atoms with Crippen molar-refractivity contribution >= 4 is 21.8 Å². The fraction of sp³-hybridized carbons (Fsp3) is 0.588. The molecule has 1 aromatic carbocycles. The molecule has 0 radical (unpaired) electrons. The Kier molecular flexibility index (Phi) is 4.36. The molecule has 1 amide bonds. The molecule has 1 atom stereocenters. The second-order valence-electron chi connectivity index (χ2n) is 6.45. The van der Waals surface area contributed by atoms with Gasteiger partial charge in [0.15, 0.2) is 0 Å². The van der Waals surface area contributed by atoms with Crippen LogP contribution >= 0.6 is 15.9 Å². The molecule has 4 heteroatoms. The monoisotopic (exact) mass is 350 g/mol. The summed E-state index contributed by atoms with van der Waals surface area (Å²) in [7, 11) is 0. The second-order valence-corrected chi connectivity index (χ2v) is 7.37. The minimum atomic E-state index is -0.327. The lowest BCUT2D eigenvalue weighted by Crippen LogP contribution is -2.47. The number of hydrogen-bond donors (Lipinski definition) is 1. The van der Waals surface area contributed by atoms with Crippen LogP contribution in [0.1, 0.15) is 44.1 Å². The molecule has 3 rings (SSSR count). The van der Waals surface area contributed by atoms with Crippen LogP contribution in [0.25, 0.3) is 0 Å². The zero-order valence-electron chi connectivity index (χ0n) is 12.4. The number of nitrogens with zero attached hydrogens (tertiary/aromatic N) is 1. The largest absolute Gasteiger partial charge is 0.340 e. The number of nitrogens with two attached hydrogens (primary N) is 1. The van der Waals surface area contributed by atoms with Crippen molar-refractivity contribution < 1.29 is 4.79 Å². The van der Waals surface area contributed by atoms with E-state index >= 15 is 0 Å². The molecule has 1 aromatic rings. The van der Waals surface area contributed by atoms with Crippen molar-refractivity contribution in [1.82, 2.24) is 4.90 Å². The van der Waals surface area contributed by atoms with Crippen molar-refractivity contribution in [2.75, 3.05) is 13.1 Å². The molecule has 1 saturated heterocycles. The third-order valence-electron chi connectivity index (χ3n) is 5.01. The maximum Gasteiger partial charge on any atom is 0.233 e. The van der Waals surface area contributed by atoms with Gasteiger partial charge in [-0.1, -0.05) is 47.3 Å². The van der Waals surface area contributed by atoms with Gasteiger partial charge in [-0.25, -0.2) is 0 Å². The van der Waals surface area contributed by atoms with E-state index in [2.05, 4.69) is 28.1 Å². The van der Waals surface area contributed by atoms with Crippen LogP contribution in [0.15, 0.2) is 28.7 Å². The number of hydrogen-bond acceptors (Lipinski definition) is 2. The predicted octanol–water partition coefficient (Wildman–Crippen LogP) is 3.21. The number of carbonyl (C=O) groups excluding carboxylic acids is 1. The summed E-state index contributed by atoms with van der Waals surface area (Å²) in [5.41, 5.74) is 6.84. The summed E-state index contributed by atoms with van der Waals surface area (Å²) in [4.78, 5) is 15.2. The minimum Gasteiger partial charge on any atom is -0.340 e. The van der Waals surface area contributed by atoms with Crippen molar-refractivity contribution in [1.29, 1.82) is 0 Å². The maximum absolute atomic E-state index is 13.2. The normalized spacial score (nSPS) is 25.0. The van der Waals surface area contributed by atoms with Crippen molar-refractivity contribution in [2.24, 2.45) is 5.73 Å². The molecule has 2 N–H and O–H groups in total. The van der Waals surface area contributed by atoms with Gasteiger partial charge in [0, 0.05) is 23.6 Å². The summed E-state index contributed by atoms with van der Waals surface area (Å²) in [5.74, 6) is 0.299. The summed E-state index contributed by atoms with van der Waals surface area (Å²) < 4.78 is 1.05. The van der Waals surface area contributed by atoms with Crippen LogP contribution in [0.5, 0.6) is 0 Å². The highest BCUT2D eigenvalue weighted by Crippen LogP contribution is 2.42. The van der Waals surface area contributed by atoms with Gasteiger partial charge in [-0.2, -0.15) is 0 Å². The van der Waals surface area contributed by atoms with Crippen molar-refractivity contribution in [2.45, 2.75) is 50.0 Å². The molecule has 2 fully saturated rings. The Morgan fingerprint density at radius 3 is 2.67 bits per heavy atom. The molecule has 1 saturated carbocycles. The van der Waals surface area contributed by atoms with Crippen LogP contribution < -0.4 is 5.73 Å². The smallest absolute Gasteiger partial charge is 0.233 e. The molecular formula is C17H23BrN2O. The average molecular weight is 351 g/mol. The molecule has 1 aliphatic heterocycles. The van der Waals surface area contributed by atoms with E-state index < -0.39 is 0 Å². The van der Waals surface area contributed by atoms with Crippen LogP contribution in [-0.4, -0.2) is 29.9 Å². The lowest BCUT2D eigenvalue weighted by Gasteiger charge is -2.39. The van der Waals surface area contributed by atoms with Crippen LogP contribution in [0.4, 0.5) is 0 Å². The van der Waals surface area contributed by atoms with E-state index in [1.54, 1.807) is 0 Å². The van der Waals surface area contributed by atoms with Gasteiger partial charge in [0.1, 0.15) is 0 Å². The number of halogens is 1. The first-order valence-corrected chi connectivity index (χ1v) is 8.72. The van der Waals surface area contributed by atoms with Crippen LogP contribution in [0.3, 0.4) is 0 Å². The Bertz CT molecular complexity index is 525. The average Bonchev–Trinajstić information content (AvgIpc) is 2.94. The molecule has 114 valence electrons. The zero-order chi connectivity index (χ0) is 14.9. The molecule has 0 unspecified atom stereocenters. The number of benzene rings is 1. The van der Waals surface area contributed by atoms with Crippen LogP contribution in [0.2, 0.25) is 0 Å². The van der Waals surface area contributed by atoms with Gasteiger partial charge in [0.25, 0.3) is 0 Å². The molecule has 0 aromatic heterocycles. The molecule has 0 bridgehead atoms. The van der Waals surface area contributed by atoms with E-state index in [-0.39, 0.29) is 11.5 Å². The SMILES string of the molecule is N[C@@H]1CCN(C(=O)C2(c3cccc(Br)c3)CCCCC2)C1. The van der Waals surface area contributed by atoms with Gasteiger partial charge in [-0.3, -0.25) is 4.79 Å². The van der Waals surface area contributed by atoms with Gasteiger partial charge >= 0.3 is 0 Å². The van der Waals surface area contributed by atoms with E-state index in [9.17, 15) is 4.79 Å². The molecule has 1 aliphatic carbocycles. The van der Waals surface area contributed by atoms with Crippen LogP contribution in [-0.2, 0) is 10.2 Å². The van der Waals surface area contributed by atoms with Gasteiger partial charge in [0.05, 0.1) is 5.41 Å². The number of likely N-dealkylation sites (tertiary alicyclic amines) is 1. The quantitative estimate of drug-likeness (QED) is 0.889. The molecular weight excluding hydrogens is 328 g/mol. The van der Waals surface area contributed by atoms with Crippen molar-refractivity contribution in [3.63, 3.8) is 0 Å². The number of amides is 1. The fourth-order valence-electron chi connectivity index (χ4n) is 3.84. The van der Waals surface area contributed by atoms with Gasteiger partial charge in [-0.15, -0.1) is 0 Å². The molecule has 2 aliphatic rings. The Morgan fingerprint density at radius 2 is 2.05 bits per heavy atom. The van der Waals surface area contributed by atoms with E-state index in [1.165, 1.54) is 12.0 Å². The summed E-state index contributed by atoms with van der Waals surface area (Å²) in [6, 6.07) is 8.45. The predicted molar refractivity (Wildman–Crippen MR) is 88.1 cm³/mol. The van der Waals surface area contributed by atoms with Crippen molar-refractivity contribution in [3.8, 4) is 0 Å². The number of carbonyl (C=O) groups is 1. The summed E-state index contributed by atoms with van der Waals surface area (Å²) in [5, 5.41) is 0. The summed E-state index contributed by atoms with van der Waals surface area (Å²) >= 11 is 3.55. The topological polar surface area (TPSA) is 46.3 Å². The molecule has 1 heterocycles. The third-order valence-corrected chi connectivity index (χ3v) is 5.50. The van der Waals surface area contributed by atoms with Crippen molar-refractivity contribution in [3.05, 3.63) is 34.3 Å². The molecule has 0 spiro atoms. The second kappa shape index (κ2) is 6.09. The summed E-state index contributed by atoms with van der Waals surface area (Å²) in [6.07, 6.45) is 6.38. The lowest BCUT2D eigenvalue weighted by atomic mass is 9.68.